The van der Waals surface area contributed by atoms with Crippen LogP contribution in [0.2, 0.25) is 0 Å². The molecule has 0 aliphatic rings. The molecule has 0 aromatic heterocycles. The van der Waals surface area contributed by atoms with Gasteiger partial charge < -0.3 is 9.47 Å². The highest BCUT2D eigenvalue weighted by Gasteiger charge is 2.08. The van der Waals surface area contributed by atoms with Crippen molar-refractivity contribution in [3.63, 3.8) is 0 Å². The maximum Gasteiger partial charge on any atom is 0.161 e. The van der Waals surface area contributed by atoms with Crippen molar-refractivity contribution in [2.24, 2.45) is 0 Å². The molecule has 94 valence electrons. The molecule has 0 aliphatic heterocycles. The van der Waals surface area contributed by atoms with Gasteiger partial charge in [-0.3, -0.25) is 0 Å². The third kappa shape index (κ3) is 3.24. The Kier molecular flexibility index (Phi) is 4.60. The van der Waals surface area contributed by atoms with Gasteiger partial charge in [0, 0.05) is 5.66 Å². The first-order valence-corrected chi connectivity index (χ1v) is 6.54. The van der Waals surface area contributed by atoms with Gasteiger partial charge in [0.25, 0.3) is 0 Å². The maximum atomic E-state index is 5.80. The smallest absolute Gasteiger partial charge is 0.161 e. The zero-order chi connectivity index (χ0) is 12.8. The number of rotatable bonds is 5. The average molecular weight is 260 g/mol. The molecule has 3 heteroatoms. The van der Waals surface area contributed by atoms with E-state index in [1.165, 1.54) is 5.56 Å². The molecule has 0 fully saturated rings. The molecule has 2 atom stereocenters. The van der Waals surface area contributed by atoms with E-state index in [-0.39, 0.29) is 5.66 Å². The summed E-state index contributed by atoms with van der Waals surface area (Å²) in [6.45, 7) is 0.606. The summed E-state index contributed by atoms with van der Waals surface area (Å²) in [4.78, 5) is 0. The summed E-state index contributed by atoms with van der Waals surface area (Å²) < 4.78 is 11.0. The van der Waals surface area contributed by atoms with Crippen LogP contribution in [-0.4, -0.2) is 13.7 Å². The van der Waals surface area contributed by atoms with E-state index in [1.807, 2.05) is 42.5 Å². The lowest BCUT2D eigenvalue weighted by Gasteiger charge is -2.15. The molecule has 0 radical (unpaired) electrons. The highest BCUT2D eigenvalue weighted by Crippen LogP contribution is 2.29. The van der Waals surface area contributed by atoms with E-state index in [9.17, 15) is 0 Å². The van der Waals surface area contributed by atoms with E-state index in [4.69, 9.17) is 9.47 Å². The molecule has 2 aromatic carbocycles. The minimum atomic E-state index is 0.274. The van der Waals surface area contributed by atoms with Crippen molar-refractivity contribution in [1.82, 2.24) is 0 Å². The lowest BCUT2D eigenvalue weighted by molar-refractivity contribution is 0.295. The zero-order valence-electron chi connectivity index (χ0n) is 10.4. The summed E-state index contributed by atoms with van der Waals surface area (Å²) >= 11 is 0. The van der Waals surface area contributed by atoms with E-state index in [1.54, 1.807) is 7.11 Å². The first-order chi connectivity index (χ1) is 8.81. The van der Waals surface area contributed by atoms with Crippen molar-refractivity contribution >= 4 is 9.24 Å². The predicted octanol–water partition coefficient (Wildman–Crippen LogP) is 3.69. The van der Waals surface area contributed by atoms with Crippen molar-refractivity contribution in [3.8, 4) is 11.5 Å². The highest BCUT2D eigenvalue weighted by atomic mass is 31.0. The molecule has 2 nitrogen and oxygen atoms in total. The molecule has 0 saturated heterocycles. The monoisotopic (exact) mass is 260 g/mol. The van der Waals surface area contributed by atoms with E-state index >= 15 is 0 Å². The SMILES string of the molecule is COc1ccccc1OCC(P)c1ccccc1. The molecule has 0 spiro atoms. The van der Waals surface area contributed by atoms with Crippen LogP contribution in [0.4, 0.5) is 0 Å². The van der Waals surface area contributed by atoms with E-state index in [0.29, 0.717) is 6.61 Å². The molecule has 2 unspecified atom stereocenters. The van der Waals surface area contributed by atoms with Crippen molar-refractivity contribution in [2.75, 3.05) is 13.7 Å². The van der Waals surface area contributed by atoms with Crippen LogP contribution in [0.3, 0.4) is 0 Å². The second-order valence-electron chi connectivity index (χ2n) is 3.98. The summed E-state index contributed by atoms with van der Waals surface area (Å²) in [5.74, 6) is 1.55. The van der Waals surface area contributed by atoms with E-state index < -0.39 is 0 Å². The zero-order valence-corrected chi connectivity index (χ0v) is 11.5. The lowest BCUT2D eigenvalue weighted by Crippen LogP contribution is -2.05. The number of hydrogen-bond acceptors (Lipinski definition) is 2. The van der Waals surface area contributed by atoms with Crippen LogP contribution < -0.4 is 9.47 Å². The van der Waals surface area contributed by atoms with Gasteiger partial charge in [0.1, 0.15) is 0 Å². The number of benzene rings is 2. The van der Waals surface area contributed by atoms with Crippen LogP contribution in [-0.2, 0) is 0 Å². The Morgan fingerprint density at radius 3 is 2.22 bits per heavy atom. The number of methoxy groups -OCH3 is 1. The third-order valence-electron chi connectivity index (χ3n) is 2.72. The molecule has 0 amide bonds. The Labute approximate surface area is 110 Å². The van der Waals surface area contributed by atoms with Gasteiger partial charge in [0.15, 0.2) is 11.5 Å². The van der Waals surface area contributed by atoms with Crippen molar-refractivity contribution < 1.29 is 9.47 Å². The Morgan fingerprint density at radius 2 is 1.56 bits per heavy atom. The molecular weight excluding hydrogens is 243 g/mol. The van der Waals surface area contributed by atoms with E-state index in [2.05, 4.69) is 21.4 Å². The lowest BCUT2D eigenvalue weighted by atomic mass is 10.1. The van der Waals surface area contributed by atoms with Gasteiger partial charge in [0.05, 0.1) is 13.7 Å². The van der Waals surface area contributed by atoms with Crippen LogP contribution in [0.5, 0.6) is 11.5 Å². The quantitative estimate of drug-likeness (QED) is 0.763. The molecular formula is C15H17O2P. The minimum absolute atomic E-state index is 0.274. The largest absolute Gasteiger partial charge is 0.493 e. The Bertz CT molecular complexity index is 485. The van der Waals surface area contributed by atoms with Gasteiger partial charge in [0.2, 0.25) is 0 Å². The molecule has 2 aromatic rings. The van der Waals surface area contributed by atoms with Crippen LogP contribution in [0, 0.1) is 0 Å². The topological polar surface area (TPSA) is 18.5 Å². The summed E-state index contributed by atoms with van der Waals surface area (Å²) in [7, 11) is 4.46. The van der Waals surface area contributed by atoms with Gasteiger partial charge in [-0.2, -0.15) is 0 Å². The Hall–Kier alpha value is -1.53. The minimum Gasteiger partial charge on any atom is -0.493 e. The van der Waals surface area contributed by atoms with Crippen LogP contribution in [0.25, 0.3) is 0 Å². The molecule has 0 aliphatic carbocycles. The standard InChI is InChI=1S/C15H17O2P/c1-16-13-9-5-6-10-14(13)17-11-15(18)12-7-3-2-4-8-12/h2-10,15H,11,18H2,1H3. The number of hydrogen-bond donors (Lipinski definition) is 0. The van der Waals surface area contributed by atoms with Gasteiger partial charge in [-0.1, -0.05) is 42.5 Å². The van der Waals surface area contributed by atoms with Gasteiger partial charge in [-0.25, -0.2) is 0 Å². The second kappa shape index (κ2) is 6.42. The van der Waals surface area contributed by atoms with Gasteiger partial charge in [-0.15, -0.1) is 9.24 Å². The molecule has 0 saturated carbocycles. The number of para-hydroxylation sites is 2. The molecule has 2 rings (SSSR count). The summed E-state index contributed by atoms with van der Waals surface area (Å²) in [5.41, 5.74) is 1.52. The van der Waals surface area contributed by atoms with E-state index in [0.717, 1.165) is 11.5 Å². The second-order valence-corrected chi connectivity index (χ2v) is 4.78. The summed E-state index contributed by atoms with van der Waals surface area (Å²) in [6, 6.07) is 18.0. The van der Waals surface area contributed by atoms with Crippen molar-refractivity contribution in [3.05, 3.63) is 60.2 Å². The molecule has 0 N–H and O–H groups in total. The van der Waals surface area contributed by atoms with Crippen molar-refractivity contribution in [1.29, 1.82) is 0 Å². The fourth-order valence-electron chi connectivity index (χ4n) is 1.71. The molecule has 18 heavy (non-hydrogen) atoms. The molecule has 0 bridgehead atoms. The Balaban J connectivity index is 1.99. The predicted molar refractivity (Wildman–Crippen MR) is 77.4 cm³/mol. The Morgan fingerprint density at radius 1 is 0.944 bits per heavy atom. The number of ether oxygens (including phenoxy) is 2. The van der Waals surface area contributed by atoms with Gasteiger partial charge in [-0.05, 0) is 17.7 Å². The highest BCUT2D eigenvalue weighted by molar-refractivity contribution is 7.17. The van der Waals surface area contributed by atoms with Crippen molar-refractivity contribution in [2.45, 2.75) is 5.66 Å². The normalized spacial score (nSPS) is 11.9. The maximum absolute atomic E-state index is 5.80. The van der Waals surface area contributed by atoms with Crippen LogP contribution in [0.15, 0.2) is 54.6 Å². The van der Waals surface area contributed by atoms with Crippen LogP contribution in [0.1, 0.15) is 11.2 Å². The first kappa shape index (κ1) is 12.9. The summed E-state index contributed by atoms with van der Waals surface area (Å²) in [5, 5.41) is 0. The fraction of sp³-hybridized carbons (Fsp3) is 0.200. The average Bonchev–Trinajstić information content (AvgIpc) is 2.46. The van der Waals surface area contributed by atoms with Gasteiger partial charge >= 0.3 is 0 Å². The fourth-order valence-corrected chi connectivity index (χ4v) is 2.03. The summed E-state index contributed by atoms with van der Waals surface area (Å²) in [6.07, 6.45) is 0. The third-order valence-corrected chi connectivity index (χ3v) is 3.29. The molecule has 0 heterocycles. The first-order valence-electron chi connectivity index (χ1n) is 5.87. The van der Waals surface area contributed by atoms with Crippen LogP contribution >= 0.6 is 9.24 Å².